The van der Waals surface area contributed by atoms with E-state index in [9.17, 15) is 5.11 Å². The Bertz CT molecular complexity index is 760. The summed E-state index contributed by atoms with van der Waals surface area (Å²) in [6, 6.07) is 7.04. The Morgan fingerprint density at radius 3 is 2.95 bits per heavy atom. The Labute approximate surface area is 135 Å². The first kappa shape index (κ1) is 14.8. The van der Waals surface area contributed by atoms with Crippen molar-refractivity contribution in [2.45, 2.75) is 6.10 Å². The largest absolute Gasteiger partial charge is 0.386 e. The number of anilines is 2. The van der Waals surface area contributed by atoms with Gasteiger partial charge in [0.05, 0.1) is 4.34 Å². The Kier molecular flexibility index (Phi) is 4.23. The van der Waals surface area contributed by atoms with Crippen LogP contribution >= 0.6 is 22.9 Å². The summed E-state index contributed by atoms with van der Waals surface area (Å²) in [6.45, 7) is 0.284. The zero-order valence-electron chi connectivity index (χ0n) is 11.3. The van der Waals surface area contributed by atoms with E-state index in [0.29, 0.717) is 16.0 Å². The zero-order valence-corrected chi connectivity index (χ0v) is 12.9. The molecule has 0 aliphatic rings. The number of nitrogens with one attached hydrogen (secondary N) is 1. The van der Waals surface area contributed by atoms with Crippen LogP contribution < -0.4 is 11.1 Å². The molecule has 0 radical (unpaired) electrons. The lowest BCUT2D eigenvalue weighted by Crippen LogP contribution is -2.13. The van der Waals surface area contributed by atoms with Gasteiger partial charge in [0, 0.05) is 29.9 Å². The smallest absolute Gasteiger partial charge is 0.224 e. The SMILES string of the molecule is Nc1nc(NC[C@@H](O)c2ccc(Cl)s2)cc(-n2cccn2)n1. The van der Waals surface area contributed by atoms with Crippen molar-refractivity contribution in [3.63, 3.8) is 0 Å². The van der Waals surface area contributed by atoms with E-state index in [1.807, 2.05) is 0 Å². The van der Waals surface area contributed by atoms with E-state index < -0.39 is 6.10 Å². The molecule has 0 bridgehead atoms. The molecule has 0 aliphatic heterocycles. The van der Waals surface area contributed by atoms with Gasteiger partial charge in [0.15, 0.2) is 5.82 Å². The van der Waals surface area contributed by atoms with Crippen molar-refractivity contribution in [1.82, 2.24) is 19.7 Å². The molecule has 0 saturated heterocycles. The lowest BCUT2D eigenvalue weighted by molar-refractivity contribution is 0.195. The number of aliphatic hydroxyl groups excluding tert-OH is 1. The van der Waals surface area contributed by atoms with Crippen LogP contribution in [0.4, 0.5) is 11.8 Å². The first-order valence-corrected chi connectivity index (χ1v) is 7.63. The van der Waals surface area contributed by atoms with Crippen molar-refractivity contribution in [2.24, 2.45) is 0 Å². The normalized spacial score (nSPS) is 12.3. The van der Waals surface area contributed by atoms with Gasteiger partial charge in [-0.2, -0.15) is 15.1 Å². The van der Waals surface area contributed by atoms with Crippen molar-refractivity contribution in [1.29, 1.82) is 0 Å². The number of nitrogens with two attached hydrogens (primary N) is 1. The number of halogens is 1. The van der Waals surface area contributed by atoms with Crippen LogP contribution in [-0.2, 0) is 0 Å². The third-order valence-corrected chi connectivity index (χ3v) is 4.20. The van der Waals surface area contributed by atoms with E-state index in [1.54, 1.807) is 41.3 Å². The highest BCUT2D eigenvalue weighted by atomic mass is 35.5. The number of nitrogen functional groups attached to an aromatic ring is 1. The van der Waals surface area contributed by atoms with E-state index in [-0.39, 0.29) is 12.5 Å². The van der Waals surface area contributed by atoms with Gasteiger partial charge >= 0.3 is 0 Å². The van der Waals surface area contributed by atoms with E-state index in [0.717, 1.165) is 4.88 Å². The van der Waals surface area contributed by atoms with Gasteiger partial charge < -0.3 is 16.2 Å². The molecule has 3 rings (SSSR count). The van der Waals surface area contributed by atoms with Crippen LogP contribution in [0.15, 0.2) is 36.7 Å². The number of hydrogen-bond acceptors (Lipinski definition) is 7. The second-order valence-electron chi connectivity index (χ2n) is 4.46. The molecular weight excluding hydrogens is 324 g/mol. The van der Waals surface area contributed by atoms with Gasteiger partial charge in [0.1, 0.15) is 11.9 Å². The van der Waals surface area contributed by atoms with Gasteiger partial charge in [-0.3, -0.25) is 0 Å². The van der Waals surface area contributed by atoms with Crippen LogP contribution in [0.2, 0.25) is 4.34 Å². The van der Waals surface area contributed by atoms with Crippen molar-refractivity contribution < 1.29 is 5.11 Å². The summed E-state index contributed by atoms with van der Waals surface area (Å²) in [6.07, 6.45) is 2.73. The number of rotatable bonds is 5. The maximum absolute atomic E-state index is 10.1. The molecule has 4 N–H and O–H groups in total. The van der Waals surface area contributed by atoms with Crippen LogP contribution in [0.3, 0.4) is 0 Å². The first-order chi connectivity index (χ1) is 10.6. The van der Waals surface area contributed by atoms with Crippen LogP contribution in [0.1, 0.15) is 11.0 Å². The lowest BCUT2D eigenvalue weighted by Gasteiger charge is -2.12. The van der Waals surface area contributed by atoms with Crippen molar-refractivity contribution in [3.8, 4) is 5.82 Å². The standard InChI is InChI=1S/C13H13ClN6OS/c14-10-3-2-9(22-10)8(21)7-16-11-6-12(19-13(15)18-11)20-5-1-4-17-20/h1-6,8,21H,7H2,(H3,15,16,18,19)/t8-/m1/s1. The molecule has 0 aromatic carbocycles. The summed E-state index contributed by atoms with van der Waals surface area (Å²) in [5.41, 5.74) is 5.71. The highest BCUT2D eigenvalue weighted by Gasteiger charge is 2.11. The molecule has 0 spiro atoms. The number of thiophene rings is 1. The van der Waals surface area contributed by atoms with Crippen LogP contribution in [0.25, 0.3) is 5.82 Å². The van der Waals surface area contributed by atoms with Gasteiger partial charge in [-0.15, -0.1) is 11.3 Å². The molecule has 3 heterocycles. The Hall–Kier alpha value is -2.16. The van der Waals surface area contributed by atoms with E-state index in [1.165, 1.54) is 11.3 Å². The van der Waals surface area contributed by atoms with Crippen LogP contribution in [-0.4, -0.2) is 31.4 Å². The summed E-state index contributed by atoms with van der Waals surface area (Å²) in [5, 5.41) is 17.2. The summed E-state index contributed by atoms with van der Waals surface area (Å²) >= 11 is 7.20. The predicted octanol–water partition coefficient (Wildman–Crippen LogP) is 2.10. The molecule has 3 aromatic rings. The monoisotopic (exact) mass is 336 g/mol. The molecule has 9 heteroatoms. The van der Waals surface area contributed by atoms with Crippen LogP contribution in [0, 0.1) is 0 Å². The minimum Gasteiger partial charge on any atom is -0.386 e. The maximum Gasteiger partial charge on any atom is 0.224 e. The first-order valence-electron chi connectivity index (χ1n) is 6.43. The number of nitrogens with zero attached hydrogens (tertiary/aromatic N) is 4. The molecule has 0 fully saturated rings. The summed E-state index contributed by atoms with van der Waals surface area (Å²) in [4.78, 5) is 8.99. The Morgan fingerprint density at radius 1 is 1.41 bits per heavy atom. The Morgan fingerprint density at radius 2 is 2.27 bits per heavy atom. The minimum atomic E-state index is -0.679. The topological polar surface area (TPSA) is 102 Å². The van der Waals surface area contributed by atoms with Gasteiger partial charge in [0.25, 0.3) is 0 Å². The molecule has 1 atom stereocenters. The second kappa shape index (κ2) is 6.30. The maximum atomic E-state index is 10.1. The predicted molar refractivity (Wildman–Crippen MR) is 86.3 cm³/mol. The molecule has 0 aliphatic carbocycles. The molecular formula is C13H13ClN6OS. The lowest BCUT2D eigenvalue weighted by atomic mass is 10.3. The van der Waals surface area contributed by atoms with Gasteiger partial charge in [-0.25, -0.2) is 4.68 Å². The highest BCUT2D eigenvalue weighted by Crippen LogP contribution is 2.27. The number of hydrogen-bond donors (Lipinski definition) is 3. The third kappa shape index (κ3) is 3.35. The fourth-order valence-corrected chi connectivity index (χ4v) is 2.92. The molecule has 114 valence electrons. The van der Waals surface area contributed by atoms with E-state index in [4.69, 9.17) is 17.3 Å². The Balaban J connectivity index is 1.72. The molecule has 0 unspecified atom stereocenters. The van der Waals surface area contributed by atoms with Crippen molar-refractivity contribution in [2.75, 3.05) is 17.6 Å². The van der Waals surface area contributed by atoms with Crippen LogP contribution in [0.5, 0.6) is 0 Å². The van der Waals surface area contributed by atoms with E-state index >= 15 is 0 Å². The number of aromatic nitrogens is 4. The zero-order chi connectivity index (χ0) is 15.5. The third-order valence-electron chi connectivity index (χ3n) is 2.87. The quantitative estimate of drug-likeness (QED) is 0.659. The highest BCUT2D eigenvalue weighted by molar-refractivity contribution is 7.16. The molecule has 22 heavy (non-hydrogen) atoms. The average molecular weight is 337 g/mol. The molecule has 0 amide bonds. The van der Waals surface area contributed by atoms with E-state index in [2.05, 4.69) is 20.4 Å². The summed E-state index contributed by atoms with van der Waals surface area (Å²) < 4.78 is 2.22. The fraction of sp³-hybridized carbons (Fsp3) is 0.154. The second-order valence-corrected chi connectivity index (χ2v) is 6.21. The van der Waals surface area contributed by atoms with Crippen molar-refractivity contribution in [3.05, 3.63) is 45.9 Å². The minimum absolute atomic E-state index is 0.129. The molecule has 7 nitrogen and oxygen atoms in total. The average Bonchev–Trinajstić information content (AvgIpc) is 3.15. The fourth-order valence-electron chi connectivity index (χ4n) is 1.87. The molecule has 3 aromatic heterocycles. The van der Waals surface area contributed by atoms with Gasteiger partial charge in [-0.1, -0.05) is 11.6 Å². The summed E-state index contributed by atoms with van der Waals surface area (Å²) in [7, 11) is 0. The van der Waals surface area contributed by atoms with Gasteiger partial charge in [0.2, 0.25) is 5.95 Å². The summed E-state index contributed by atoms with van der Waals surface area (Å²) in [5.74, 6) is 1.19. The van der Waals surface area contributed by atoms with Crippen molar-refractivity contribution >= 4 is 34.7 Å². The number of aliphatic hydroxyl groups is 1. The van der Waals surface area contributed by atoms with Gasteiger partial charge in [-0.05, 0) is 18.2 Å². The molecule has 0 saturated carbocycles.